The van der Waals surface area contributed by atoms with Gasteiger partial charge in [-0.15, -0.1) is 0 Å². The molecule has 1 aliphatic rings. The van der Waals surface area contributed by atoms with E-state index in [2.05, 4.69) is 25.1 Å². The van der Waals surface area contributed by atoms with Gasteiger partial charge in [0.1, 0.15) is 5.75 Å². The summed E-state index contributed by atoms with van der Waals surface area (Å²) in [4.78, 5) is 16.3. The summed E-state index contributed by atoms with van der Waals surface area (Å²) in [5.74, 6) is 0.0171. The molecule has 5 heteroatoms. The lowest BCUT2D eigenvalue weighted by Gasteiger charge is -2.21. The molecule has 0 fully saturated rings. The van der Waals surface area contributed by atoms with Gasteiger partial charge in [-0.25, -0.2) is 0 Å². The predicted octanol–water partition coefficient (Wildman–Crippen LogP) is 7.90. The summed E-state index contributed by atoms with van der Waals surface area (Å²) in [5, 5.41) is 21.9. The summed E-state index contributed by atoms with van der Waals surface area (Å²) in [6, 6.07) is 16.2. The van der Waals surface area contributed by atoms with E-state index in [1.807, 2.05) is 71.1 Å². The number of carbonyl (C=O) groups is 1. The van der Waals surface area contributed by atoms with E-state index in [0.29, 0.717) is 6.61 Å². The third-order valence-electron chi connectivity index (χ3n) is 6.69. The number of aliphatic carboxylic acids is 1. The molecule has 0 radical (unpaired) electrons. The van der Waals surface area contributed by atoms with E-state index in [-0.39, 0.29) is 6.42 Å². The number of benzene rings is 3. The number of carboxylic acid groups (broad SMARTS) is 1. The normalized spacial score (nSPS) is 12.2. The largest absolute Gasteiger partial charge is 0.493 e. The standard InChI is InChI=1S/C24H19NO3.C7H16O.C2H6/c1-14-12-16-4-2-3-5-17(16)23(19(14)13-21(26)27)18-6-7-20-22-15(9-11-28-20)8-10-25-24(18)22;1-4-5-6-7(2,3)8;1-2/h2-8,10,12H,9,11,13H2,1H3,(H,26,27);8H,4-6H2,1-3H3;1-2H3. The zero-order valence-corrected chi connectivity index (χ0v) is 23.6. The highest BCUT2D eigenvalue weighted by molar-refractivity contribution is 6.08. The number of hydrogen-bond acceptors (Lipinski definition) is 4. The van der Waals surface area contributed by atoms with Crippen molar-refractivity contribution in [3.63, 3.8) is 0 Å². The summed E-state index contributed by atoms with van der Waals surface area (Å²) in [6.45, 7) is 12.5. The predicted molar refractivity (Wildman–Crippen MR) is 157 cm³/mol. The molecular weight excluding hydrogens is 474 g/mol. The van der Waals surface area contributed by atoms with Crippen molar-refractivity contribution in [2.75, 3.05) is 6.61 Å². The van der Waals surface area contributed by atoms with Gasteiger partial charge in [0.05, 0.1) is 24.1 Å². The fourth-order valence-electron chi connectivity index (χ4n) is 4.93. The molecule has 38 heavy (non-hydrogen) atoms. The van der Waals surface area contributed by atoms with Crippen LogP contribution in [0.4, 0.5) is 0 Å². The Labute approximate surface area is 226 Å². The first-order valence-electron chi connectivity index (χ1n) is 13.7. The number of nitrogens with zero attached hydrogens (tertiary/aromatic N) is 1. The maximum Gasteiger partial charge on any atom is 0.307 e. The molecule has 0 saturated heterocycles. The third-order valence-corrected chi connectivity index (χ3v) is 6.69. The van der Waals surface area contributed by atoms with E-state index < -0.39 is 11.6 Å². The molecule has 202 valence electrons. The number of aryl methyl sites for hydroxylation is 1. The Morgan fingerprint density at radius 2 is 1.84 bits per heavy atom. The van der Waals surface area contributed by atoms with Crippen LogP contribution >= 0.6 is 0 Å². The van der Waals surface area contributed by atoms with Crippen molar-refractivity contribution in [3.05, 3.63) is 71.4 Å². The van der Waals surface area contributed by atoms with Crippen LogP contribution in [0, 0.1) is 6.92 Å². The van der Waals surface area contributed by atoms with Crippen molar-refractivity contribution in [3.8, 4) is 16.9 Å². The van der Waals surface area contributed by atoms with E-state index in [1.54, 1.807) is 0 Å². The molecule has 0 unspecified atom stereocenters. The number of unbranched alkanes of at least 4 members (excludes halogenated alkanes) is 1. The Bertz CT molecular complexity index is 1390. The number of hydrogen-bond donors (Lipinski definition) is 2. The van der Waals surface area contributed by atoms with Crippen molar-refractivity contribution < 1.29 is 19.7 Å². The van der Waals surface area contributed by atoms with Gasteiger partial charge in [0.2, 0.25) is 0 Å². The first-order chi connectivity index (χ1) is 18.2. The summed E-state index contributed by atoms with van der Waals surface area (Å²) >= 11 is 0. The molecule has 0 spiro atoms. The highest BCUT2D eigenvalue weighted by atomic mass is 16.5. The zero-order valence-electron chi connectivity index (χ0n) is 23.6. The maximum atomic E-state index is 11.6. The topological polar surface area (TPSA) is 79.7 Å². The number of carboxylic acids is 1. The summed E-state index contributed by atoms with van der Waals surface area (Å²) in [5.41, 5.74) is 5.39. The minimum absolute atomic E-state index is 0.0224. The molecular formula is C33H41NO4. The van der Waals surface area contributed by atoms with Crippen molar-refractivity contribution in [2.24, 2.45) is 0 Å². The molecule has 0 atom stereocenters. The third kappa shape index (κ3) is 6.70. The van der Waals surface area contributed by atoms with E-state index in [0.717, 1.165) is 68.9 Å². The van der Waals surface area contributed by atoms with Gasteiger partial charge in [-0.1, -0.05) is 63.9 Å². The lowest BCUT2D eigenvalue weighted by molar-refractivity contribution is -0.136. The van der Waals surface area contributed by atoms with E-state index in [9.17, 15) is 9.90 Å². The number of fused-ring (bicyclic) bond motifs is 1. The van der Waals surface area contributed by atoms with Crippen molar-refractivity contribution >= 4 is 27.6 Å². The van der Waals surface area contributed by atoms with Crippen LogP contribution in [-0.4, -0.2) is 33.4 Å². The van der Waals surface area contributed by atoms with Crippen LogP contribution in [0.15, 0.2) is 54.7 Å². The SMILES string of the molecule is CC.CCCCC(C)(C)O.Cc1cc2ccccc2c(-c2ccc3c4c(ccnc24)CCO3)c1CC(=O)O. The van der Waals surface area contributed by atoms with Crippen LogP contribution in [0.3, 0.4) is 0 Å². The van der Waals surface area contributed by atoms with Crippen molar-refractivity contribution in [1.82, 2.24) is 4.98 Å². The average Bonchev–Trinajstić information content (AvgIpc) is 2.90. The van der Waals surface area contributed by atoms with E-state index in [4.69, 9.17) is 14.8 Å². The second-order valence-electron chi connectivity index (χ2n) is 10.2. The Morgan fingerprint density at radius 3 is 2.50 bits per heavy atom. The Balaban J connectivity index is 0.000000346. The van der Waals surface area contributed by atoms with E-state index >= 15 is 0 Å². The molecule has 4 aromatic rings. The molecule has 3 aromatic carbocycles. The monoisotopic (exact) mass is 515 g/mol. The van der Waals surface area contributed by atoms with Crippen LogP contribution in [0.5, 0.6) is 5.75 Å². The molecule has 0 aliphatic carbocycles. The molecule has 0 saturated carbocycles. The van der Waals surface area contributed by atoms with Gasteiger partial charge in [-0.2, -0.15) is 0 Å². The highest BCUT2D eigenvalue weighted by Crippen LogP contribution is 2.42. The minimum Gasteiger partial charge on any atom is -0.493 e. The number of aromatic nitrogens is 1. The van der Waals surface area contributed by atoms with Crippen LogP contribution in [0.2, 0.25) is 0 Å². The molecule has 0 bridgehead atoms. The second kappa shape index (κ2) is 12.9. The molecule has 2 heterocycles. The quantitative estimate of drug-likeness (QED) is 0.273. The highest BCUT2D eigenvalue weighted by Gasteiger charge is 2.21. The Hall–Kier alpha value is -3.44. The van der Waals surface area contributed by atoms with Crippen LogP contribution < -0.4 is 4.74 Å². The molecule has 5 rings (SSSR count). The molecule has 1 aromatic heterocycles. The average molecular weight is 516 g/mol. The van der Waals surface area contributed by atoms with Gasteiger partial charge < -0.3 is 14.9 Å². The van der Waals surface area contributed by atoms with Gasteiger partial charge in [0, 0.05) is 23.6 Å². The number of aliphatic hydroxyl groups is 1. The van der Waals surface area contributed by atoms with Crippen LogP contribution in [-0.2, 0) is 17.6 Å². The van der Waals surface area contributed by atoms with Gasteiger partial charge in [0.15, 0.2) is 0 Å². The van der Waals surface area contributed by atoms with Crippen molar-refractivity contribution in [2.45, 2.75) is 79.2 Å². The van der Waals surface area contributed by atoms with Gasteiger partial charge in [0.25, 0.3) is 0 Å². The Morgan fingerprint density at radius 1 is 1.11 bits per heavy atom. The Kier molecular flexibility index (Phi) is 9.87. The summed E-state index contributed by atoms with van der Waals surface area (Å²) < 4.78 is 5.86. The number of pyridine rings is 1. The zero-order chi connectivity index (χ0) is 27.9. The molecule has 1 aliphatic heterocycles. The first-order valence-corrected chi connectivity index (χ1v) is 13.7. The van der Waals surface area contributed by atoms with Gasteiger partial charge in [-0.3, -0.25) is 9.78 Å². The lowest BCUT2D eigenvalue weighted by atomic mass is 9.87. The molecule has 2 N–H and O–H groups in total. The van der Waals surface area contributed by atoms with Crippen LogP contribution in [0.25, 0.3) is 32.8 Å². The smallest absolute Gasteiger partial charge is 0.307 e. The summed E-state index contributed by atoms with van der Waals surface area (Å²) in [7, 11) is 0. The van der Waals surface area contributed by atoms with Gasteiger partial charge in [-0.05, 0) is 78.4 Å². The molecule has 0 amide bonds. The summed E-state index contributed by atoms with van der Waals surface area (Å²) in [6.07, 6.45) is 5.89. The first kappa shape index (κ1) is 29.1. The van der Waals surface area contributed by atoms with Crippen LogP contribution in [0.1, 0.15) is 70.6 Å². The second-order valence-corrected chi connectivity index (χ2v) is 10.2. The van der Waals surface area contributed by atoms with Crippen molar-refractivity contribution in [1.29, 1.82) is 0 Å². The van der Waals surface area contributed by atoms with Gasteiger partial charge >= 0.3 is 5.97 Å². The molecule has 5 nitrogen and oxygen atoms in total. The lowest BCUT2D eigenvalue weighted by Crippen LogP contribution is -2.17. The minimum atomic E-state index is -0.835. The number of ether oxygens (including phenoxy) is 1. The maximum absolute atomic E-state index is 11.6. The number of rotatable bonds is 6. The fraction of sp³-hybridized carbons (Fsp3) is 0.394. The van der Waals surface area contributed by atoms with E-state index in [1.165, 1.54) is 12.0 Å². The fourth-order valence-corrected chi connectivity index (χ4v) is 4.93.